The fourth-order valence-electron chi connectivity index (χ4n) is 4.15. The number of nitrogens with zero attached hydrogens (tertiary/aromatic N) is 1. The topological polar surface area (TPSA) is 96.1 Å². The van der Waals surface area contributed by atoms with E-state index >= 15 is 0 Å². The van der Waals surface area contributed by atoms with Gasteiger partial charge in [0.05, 0.1) is 35.8 Å². The van der Waals surface area contributed by atoms with Crippen molar-refractivity contribution in [3.05, 3.63) is 59.0 Å². The largest absolute Gasteiger partial charge is 0.495 e. The number of hydrogen-bond acceptors (Lipinski definition) is 4. The zero-order valence-electron chi connectivity index (χ0n) is 18.5. The molecule has 0 spiro atoms. The average molecular weight is 451 g/mol. The Morgan fingerprint density at radius 2 is 1.88 bits per heavy atom. The smallest absolute Gasteiger partial charge is 0.255 e. The van der Waals surface area contributed by atoms with E-state index in [1.807, 2.05) is 0 Å². The second-order valence-electron chi connectivity index (χ2n) is 8.15. The summed E-state index contributed by atoms with van der Waals surface area (Å²) in [7, 11) is 1.49. The highest BCUT2D eigenvalue weighted by Gasteiger charge is 2.20. The van der Waals surface area contributed by atoms with E-state index in [-0.39, 0.29) is 24.3 Å². The molecule has 0 saturated heterocycles. The molecule has 1 aliphatic carbocycles. The predicted octanol–water partition coefficient (Wildman–Crippen LogP) is 4.06. The molecule has 0 unspecified atom stereocenters. The Morgan fingerprint density at radius 3 is 2.61 bits per heavy atom. The number of hydrogen-bond donors (Lipinski definition) is 3. The molecule has 0 aliphatic heterocycles. The van der Waals surface area contributed by atoms with Crippen molar-refractivity contribution in [2.24, 2.45) is 0 Å². The molecule has 1 aromatic heterocycles. The van der Waals surface area contributed by atoms with Crippen LogP contribution in [0.5, 0.6) is 5.75 Å². The van der Waals surface area contributed by atoms with Gasteiger partial charge in [-0.1, -0.05) is 37.5 Å². The molecule has 2 aromatic carbocycles. The molecule has 1 saturated carbocycles. The number of aromatic nitrogens is 2. The summed E-state index contributed by atoms with van der Waals surface area (Å²) in [6.45, 7) is -0.0980. The molecule has 7 nitrogen and oxygen atoms in total. The summed E-state index contributed by atoms with van der Waals surface area (Å²) in [5.41, 5.74) is 2.41. The Kier molecular flexibility index (Phi) is 7.02. The number of nitrogens with one attached hydrogen (secondary N) is 3. The minimum Gasteiger partial charge on any atom is -0.495 e. The summed E-state index contributed by atoms with van der Waals surface area (Å²) in [4.78, 5) is 25.1. The fourth-order valence-corrected chi connectivity index (χ4v) is 4.15. The Bertz CT molecular complexity index is 1160. The first-order valence-electron chi connectivity index (χ1n) is 11.1. The van der Waals surface area contributed by atoms with Crippen molar-refractivity contribution in [1.82, 2.24) is 20.8 Å². The zero-order chi connectivity index (χ0) is 23.2. The second kappa shape index (κ2) is 10.3. The molecule has 1 fully saturated rings. The Labute approximate surface area is 191 Å². The first kappa shape index (κ1) is 22.5. The van der Waals surface area contributed by atoms with Crippen LogP contribution in [-0.4, -0.2) is 41.7 Å². The van der Waals surface area contributed by atoms with Crippen molar-refractivity contribution in [3.63, 3.8) is 0 Å². The maximum Gasteiger partial charge on any atom is 0.255 e. The van der Waals surface area contributed by atoms with Gasteiger partial charge in [0, 0.05) is 6.04 Å². The highest BCUT2D eigenvalue weighted by Crippen LogP contribution is 2.32. The first-order valence-corrected chi connectivity index (χ1v) is 11.1. The van der Waals surface area contributed by atoms with Gasteiger partial charge in [-0.3, -0.25) is 14.7 Å². The van der Waals surface area contributed by atoms with Crippen LogP contribution in [0.1, 0.15) is 53.7 Å². The van der Waals surface area contributed by atoms with Gasteiger partial charge >= 0.3 is 0 Å². The van der Waals surface area contributed by atoms with Gasteiger partial charge in [-0.05, 0) is 48.7 Å². The van der Waals surface area contributed by atoms with Crippen LogP contribution < -0.4 is 15.4 Å². The van der Waals surface area contributed by atoms with E-state index in [2.05, 4.69) is 20.8 Å². The number of fused-ring (bicyclic) bond motifs is 1. The number of halogens is 1. The monoisotopic (exact) mass is 450 g/mol. The molecular formula is C25H27FN4O3. The lowest BCUT2D eigenvalue weighted by atomic mass is 9.95. The van der Waals surface area contributed by atoms with E-state index < -0.39 is 5.91 Å². The normalized spacial score (nSPS) is 14.5. The number of benzene rings is 2. The van der Waals surface area contributed by atoms with Crippen LogP contribution in [-0.2, 0) is 4.79 Å². The van der Waals surface area contributed by atoms with Gasteiger partial charge in [-0.25, -0.2) is 4.39 Å². The van der Waals surface area contributed by atoms with Crippen LogP contribution in [0.3, 0.4) is 0 Å². The third-order valence-electron chi connectivity index (χ3n) is 5.84. The van der Waals surface area contributed by atoms with Crippen LogP contribution >= 0.6 is 0 Å². The zero-order valence-corrected chi connectivity index (χ0v) is 18.5. The van der Waals surface area contributed by atoms with Crippen LogP contribution in [0.4, 0.5) is 4.39 Å². The minimum atomic E-state index is -0.401. The maximum absolute atomic E-state index is 13.1. The number of rotatable bonds is 7. The molecule has 2 amide bonds. The van der Waals surface area contributed by atoms with E-state index in [0.29, 0.717) is 27.9 Å². The van der Waals surface area contributed by atoms with Crippen LogP contribution in [0, 0.1) is 5.82 Å². The molecule has 33 heavy (non-hydrogen) atoms. The molecule has 3 N–H and O–H groups in total. The third-order valence-corrected chi connectivity index (χ3v) is 5.84. The number of carbonyl (C=O) groups is 2. The molecule has 3 aromatic rings. The van der Waals surface area contributed by atoms with Crippen LogP contribution in [0.2, 0.25) is 0 Å². The summed E-state index contributed by atoms with van der Waals surface area (Å²) in [6.07, 6.45) is 9.00. The fraction of sp³-hybridized carbons (Fsp3) is 0.320. The lowest BCUT2D eigenvalue weighted by molar-refractivity contribution is -0.121. The molecule has 1 aliphatic rings. The number of aromatic amines is 1. The van der Waals surface area contributed by atoms with E-state index in [9.17, 15) is 14.0 Å². The van der Waals surface area contributed by atoms with E-state index in [4.69, 9.17) is 4.74 Å². The summed E-state index contributed by atoms with van der Waals surface area (Å²) in [5, 5.41) is 13.6. The quantitative estimate of drug-likeness (QED) is 0.506. The number of carbonyl (C=O) groups excluding carboxylic acids is 2. The van der Waals surface area contributed by atoms with Gasteiger partial charge < -0.3 is 15.4 Å². The van der Waals surface area contributed by atoms with Crippen LogP contribution in [0.15, 0.2) is 36.4 Å². The second-order valence-corrected chi connectivity index (χ2v) is 8.15. The molecule has 1 heterocycles. The van der Waals surface area contributed by atoms with Gasteiger partial charge in [-0.15, -0.1) is 0 Å². The van der Waals surface area contributed by atoms with Gasteiger partial charge in [0.25, 0.3) is 5.91 Å². The van der Waals surface area contributed by atoms with E-state index in [0.717, 1.165) is 31.2 Å². The Balaban J connectivity index is 1.50. The number of amides is 2. The van der Waals surface area contributed by atoms with Gasteiger partial charge in [0.2, 0.25) is 5.91 Å². The maximum atomic E-state index is 13.1. The molecule has 0 bridgehead atoms. The predicted molar refractivity (Wildman–Crippen MR) is 125 cm³/mol. The summed E-state index contributed by atoms with van der Waals surface area (Å²) >= 11 is 0. The lowest BCUT2D eigenvalue weighted by Gasteiger charge is -2.22. The Hall–Kier alpha value is -3.68. The van der Waals surface area contributed by atoms with Crippen molar-refractivity contribution >= 4 is 34.9 Å². The SMILES string of the molecule is COc1c(C(=O)NCC(=O)NC2CCCCC2)ccc2[nH]nc(/C=C/c3ccc(F)cc3)c12. The number of methoxy groups -OCH3 is 1. The van der Waals surface area contributed by atoms with Crippen molar-refractivity contribution in [2.45, 2.75) is 38.1 Å². The van der Waals surface area contributed by atoms with E-state index in [1.165, 1.54) is 25.7 Å². The van der Waals surface area contributed by atoms with Crippen molar-refractivity contribution in [3.8, 4) is 5.75 Å². The highest BCUT2D eigenvalue weighted by molar-refractivity contribution is 6.06. The first-order chi connectivity index (χ1) is 16.0. The van der Waals surface area contributed by atoms with E-state index in [1.54, 1.807) is 36.4 Å². The molecular weight excluding hydrogens is 423 g/mol. The average Bonchev–Trinajstić information content (AvgIpc) is 3.25. The highest BCUT2D eigenvalue weighted by atomic mass is 19.1. The Morgan fingerprint density at radius 1 is 1.12 bits per heavy atom. The molecule has 0 radical (unpaired) electrons. The van der Waals surface area contributed by atoms with Gasteiger partial charge in [0.1, 0.15) is 11.6 Å². The van der Waals surface area contributed by atoms with Crippen molar-refractivity contribution in [2.75, 3.05) is 13.7 Å². The molecule has 8 heteroatoms. The van der Waals surface area contributed by atoms with Crippen LogP contribution in [0.25, 0.3) is 23.1 Å². The molecule has 0 atom stereocenters. The minimum absolute atomic E-state index is 0.0980. The summed E-state index contributed by atoms with van der Waals surface area (Å²) in [5.74, 6) is -0.531. The summed E-state index contributed by atoms with van der Waals surface area (Å²) in [6, 6.07) is 9.67. The molecule has 172 valence electrons. The molecule has 4 rings (SSSR count). The van der Waals surface area contributed by atoms with Gasteiger partial charge in [-0.2, -0.15) is 5.10 Å². The standard InChI is InChI=1S/C25H27FN4O3/c1-33-24-19(25(32)27-15-22(31)28-18-5-3-2-4-6-18)12-14-21-23(24)20(29-30-21)13-9-16-7-10-17(26)11-8-16/h7-14,18H,2-6,15H2,1H3,(H,27,32)(H,28,31)(H,29,30)/b13-9+. The number of H-pyrrole nitrogens is 1. The van der Waals surface area contributed by atoms with Crippen molar-refractivity contribution in [1.29, 1.82) is 0 Å². The lowest BCUT2D eigenvalue weighted by Crippen LogP contribution is -2.42. The van der Waals surface area contributed by atoms with Crippen molar-refractivity contribution < 1.29 is 18.7 Å². The third kappa shape index (κ3) is 5.39. The number of ether oxygens (including phenoxy) is 1. The van der Waals surface area contributed by atoms with Gasteiger partial charge in [0.15, 0.2) is 0 Å². The summed E-state index contributed by atoms with van der Waals surface area (Å²) < 4.78 is 18.7.